The van der Waals surface area contributed by atoms with Gasteiger partial charge in [0.05, 0.1) is 6.61 Å². The van der Waals surface area contributed by atoms with Crippen LogP contribution in [0.25, 0.3) is 0 Å². The first-order valence-corrected chi connectivity index (χ1v) is 7.54. The summed E-state index contributed by atoms with van der Waals surface area (Å²) in [7, 11) is 0. The van der Waals surface area contributed by atoms with E-state index in [0.717, 1.165) is 19.3 Å². The lowest BCUT2D eigenvalue weighted by Gasteiger charge is -2.56. The van der Waals surface area contributed by atoms with Crippen LogP contribution in [0.2, 0.25) is 0 Å². The molecule has 0 saturated heterocycles. The Morgan fingerprint density at radius 2 is 1.48 bits per heavy atom. The van der Waals surface area contributed by atoms with Crippen molar-refractivity contribution in [2.24, 2.45) is 23.2 Å². The minimum absolute atomic E-state index is 0.0646. The summed E-state index contributed by atoms with van der Waals surface area (Å²) in [4.78, 5) is 11.5. The van der Waals surface area contributed by atoms with E-state index in [1.807, 2.05) is 0 Å². The van der Waals surface area contributed by atoms with Gasteiger partial charge in [0.15, 0.2) is 0 Å². The van der Waals surface area contributed by atoms with Crippen molar-refractivity contribution in [1.29, 1.82) is 0 Å². The van der Waals surface area contributed by atoms with Crippen molar-refractivity contribution in [2.75, 3.05) is 6.61 Å². The fraction of sp³-hybridized carbons (Fsp3) is 0.933. The Labute approximate surface area is 121 Å². The van der Waals surface area contributed by atoms with Gasteiger partial charge in [0, 0.05) is 5.41 Å². The van der Waals surface area contributed by atoms with Crippen molar-refractivity contribution in [3.05, 3.63) is 0 Å². The molecule has 0 aromatic rings. The molecule has 0 N–H and O–H groups in total. The monoisotopic (exact) mass is 308 g/mol. The molecule has 4 bridgehead atoms. The first-order chi connectivity index (χ1) is 9.61. The Kier molecular flexibility index (Phi) is 3.30. The third kappa shape index (κ3) is 2.55. The van der Waals surface area contributed by atoms with Crippen LogP contribution in [-0.4, -0.2) is 24.4 Å². The molecule has 0 aromatic heterocycles. The molecule has 4 aliphatic rings. The third-order valence-electron chi connectivity index (χ3n) is 5.59. The number of hydrogen-bond donors (Lipinski definition) is 0. The molecular weight excluding hydrogens is 288 g/mol. The van der Waals surface area contributed by atoms with Gasteiger partial charge in [-0.25, -0.2) is 9.18 Å². The van der Waals surface area contributed by atoms with Gasteiger partial charge >= 0.3 is 12.1 Å². The molecule has 0 aliphatic heterocycles. The van der Waals surface area contributed by atoms with Crippen molar-refractivity contribution < 1.29 is 27.1 Å². The number of carbonyl (C=O) groups excluding carboxylic acids is 1. The van der Waals surface area contributed by atoms with Gasteiger partial charge in [-0.2, -0.15) is 13.2 Å². The highest BCUT2D eigenvalue weighted by atomic mass is 19.4. The van der Waals surface area contributed by atoms with Gasteiger partial charge in [-0.3, -0.25) is 0 Å². The van der Waals surface area contributed by atoms with E-state index in [4.69, 9.17) is 4.74 Å². The van der Waals surface area contributed by atoms with E-state index in [1.165, 1.54) is 19.3 Å². The summed E-state index contributed by atoms with van der Waals surface area (Å²) in [5, 5.41) is 0. The van der Waals surface area contributed by atoms with Crippen LogP contribution >= 0.6 is 0 Å². The quantitative estimate of drug-likeness (QED) is 0.581. The molecule has 0 heterocycles. The Morgan fingerprint density at radius 1 is 1.05 bits per heavy atom. The summed E-state index contributed by atoms with van der Waals surface area (Å²) in [6.45, 7) is 0.167. The summed E-state index contributed by atoms with van der Waals surface area (Å²) in [6.07, 6.45) is 1.05. The number of alkyl halides is 4. The topological polar surface area (TPSA) is 26.3 Å². The molecule has 1 atom stereocenters. The van der Waals surface area contributed by atoms with Crippen LogP contribution < -0.4 is 0 Å². The van der Waals surface area contributed by atoms with Gasteiger partial charge in [-0.1, -0.05) is 0 Å². The number of carbonyl (C=O) groups is 1. The van der Waals surface area contributed by atoms with Gasteiger partial charge in [0.2, 0.25) is 0 Å². The number of hydrogen-bond acceptors (Lipinski definition) is 2. The van der Waals surface area contributed by atoms with Crippen LogP contribution in [0.3, 0.4) is 0 Å². The lowest BCUT2D eigenvalue weighted by Crippen LogP contribution is -2.51. The normalized spacial score (nSPS) is 40.9. The molecule has 1 unspecified atom stereocenters. The zero-order valence-electron chi connectivity index (χ0n) is 12.0. The van der Waals surface area contributed by atoms with Crippen molar-refractivity contribution in [3.63, 3.8) is 0 Å². The zero-order valence-corrected chi connectivity index (χ0v) is 12.0. The standard InChI is InChI=1S/C15H20F4O2/c1-13(16,15(17,18)19)12(20)21-8-14-5-9-2-10(6-14)4-11(3-9)7-14/h9-11H,2-8H2,1H3. The van der Waals surface area contributed by atoms with E-state index in [2.05, 4.69) is 0 Å². The van der Waals surface area contributed by atoms with E-state index < -0.39 is 17.8 Å². The van der Waals surface area contributed by atoms with Gasteiger partial charge in [0.25, 0.3) is 5.67 Å². The van der Waals surface area contributed by atoms with Crippen LogP contribution in [0.15, 0.2) is 0 Å². The number of halogens is 4. The second-order valence-corrected chi connectivity index (χ2v) is 7.49. The molecule has 4 fully saturated rings. The highest BCUT2D eigenvalue weighted by molar-refractivity contribution is 5.80. The summed E-state index contributed by atoms with van der Waals surface area (Å²) < 4.78 is 55.8. The minimum atomic E-state index is -5.23. The molecule has 0 spiro atoms. The molecule has 4 aliphatic carbocycles. The summed E-state index contributed by atoms with van der Waals surface area (Å²) in [5.74, 6) is 0.0173. The molecule has 0 radical (unpaired) electrons. The van der Waals surface area contributed by atoms with Gasteiger partial charge in [0.1, 0.15) is 0 Å². The molecule has 6 heteroatoms. The third-order valence-corrected chi connectivity index (χ3v) is 5.59. The molecule has 120 valence electrons. The molecule has 0 aromatic carbocycles. The van der Waals surface area contributed by atoms with Gasteiger partial charge < -0.3 is 4.74 Å². The minimum Gasteiger partial charge on any atom is -0.462 e. The Morgan fingerprint density at radius 3 is 1.86 bits per heavy atom. The largest absolute Gasteiger partial charge is 0.462 e. The maximum absolute atomic E-state index is 13.6. The summed E-state index contributed by atoms with van der Waals surface area (Å²) in [6, 6.07) is 0. The van der Waals surface area contributed by atoms with E-state index in [0.29, 0.717) is 17.8 Å². The van der Waals surface area contributed by atoms with E-state index in [9.17, 15) is 22.4 Å². The molecule has 2 nitrogen and oxygen atoms in total. The van der Waals surface area contributed by atoms with Gasteiger partial charge in [-0.05, 0) is 63.2 Å². The Balaban J connectivity index is 1.64. The molecule has 4 rings (SSSR count). The van der Waals surface area contributed by atoms with Crippen molar-refractivity contribution in [2.45, 2.75) is 57.3 Å². The first kappa shape index (κ1) is 15.1. The molecule has 4 saturated carbocycles. The lowest BCUT2D eigenvalue weighted by atomic mass is 9.50. The van der Waals surface area contributed by atoms with E-state index in [-0.39, 0.29) is 18.9 Å². The predicted octanol–water partition coefficient (Wildman–Crippen LogP) is 4.04. The number of ether oxygens (including phenoxy) is 1. The van der Waals surface area contributed by atoms with Crippen LogP contribution in [-0.2, 0) is 9.53 Å². The lowest BCUT2D eigenvalue weighted by molar-refractivity contribution is -0.236. The average molecular weight is 308 g/mol. The first-order valence-electron chi connectivity index (χ1n) is 7.54. The number of rotatable bonds is 3. The van der Waals surface area contributed by atoms with Crippen LogP contribution in [0.5, 0.6) is 0 Å². The fourth-order valence-electron chi connectivity index (χ4n) is 4.94. The van der Waals surface area contributed by atoms with Crippen LogP contribution in [0.4, 0.5) is 17.6 Å². The Hall–Kier alpha value is -0.810. The van der Waals surface area contributed by atoms with Crippen molar-refractivity contribution in [3.8, 4) is 0 Å². The van der Waals surface area contributed by atoms with Crippen molar-refractivity contribution in [1.82, 2.24) is 0 Å². The SMILES string of the molecule is CC(F)(C(=O)OCC12CC3CC(CC(C3)C1)C2)C(F)(F)F. The second-order valence-electron chi connectivity index (χ2n) is 7.49. The number of esters is 1. The molecule has 0 amide bonds. The fourth-order valence-corrected chi connectivity index (χ4v) is 4.94. The predicted molar refractivity (Wildman–Crippen MR) is 67.1 cm³/mol. The summed E-state index contributed by atoms with van der Waals surface area (Å²) >= 11 is 0. The maximum Gasteiger partial charge on any atom is 0.433 e. The zero-order chi connectivity index (χ0) is 15.5. The smallest absolute Gasteiger partial charge is 0.433 e. The van der Waals surface area contributed by atoms with Gasteiger partial charge in [-0.15, -0.1) is 0 Å². The second kappa shape index (κ2) is 4.59. The Bertz CT molecular complexity index is 406. The highest BCUT2D eigenvalue weighted by Crippen LogP contribution is 2.60. The summed E-state index contributed by atoms with van der Waals surface area (Å²) in [5.41, 5.74) is -4.12. The maximum atomic E-state index is 13.6. The molecular formula is C15H20F4O2. The van der Waals surface area contributed by atoms with E-state index >= 15 is 0 Å². The van der Waals surface area contributed by atoms with Crippen molar-refractivity contribution >= 4 is 5.97 Å². The molecule has 21 heavy (non-hydrogen) atoms. The highest BCUT2D eigenvalue weighted by Gasteiger charge is 2.60. The van der Waals surface area contributed by atoms with Crippen LogP contribution in [0, 0.1) is 23.2 Å². The average Bonchev–Trinajstić information content (AvgIpc) is 2.32. The van der Waals surface area contributed by atoms with E-state index in [1.54, 1.807) is 0 Å². The van der Waals surface area contributed by atoms with Crippen LogP contribution in [0.1, 0.15) is 45.4 Å².